The maximum atomic E-state index is 13.2. The van der Waals surface area contributed by atoms with Crippen LogP contribution in [-0.2, 0) is 10.0 Å². The minimum atomic E-state index is -3.67. The third-order valence-corrected chi connectivity index (χ3v) is 6.25. The summed E-state index contributed by atoms with van der Waals surface area (Å²) in [6.07, 6.45) is 0. The third-order valence-electron chi connectivity index (χ3n) is 2.65. The maximum Gasteiger partial charge on any atom is 0.265 e. The summed E-state index contributed by atoms with van der Waals surface area (Å²) >= 11 is 4.62. The molecule has 0 saturated carbocycles. The molecule has 3 nitrogen and oxygen atoms in total. The number of nitrogens with zero attached hydrogens (tertiary/aromatic N) is 1. The van der Waals surface area contributed by atoms with Crippen LogP contribution < -0.4 is 4.31 Å². The van der Waals surface area contributed by atoms with Crippen LogP contribution in [0.5, 0.6) is 0 Å². The van der Waals surface area contributed by atoms with Crippen molar-refractivity contribution in [2.24, 2.45) is 0 Å². The highest BCUT2D eigenvalue weighted by Gasteiger charge is 2.25. The first-order chi connectivity index (χ1) is 8.82. The van der Waals surface area contributed by atoms with Gasteiger partial charge in [0.15, 0.2) is 0 Å². The molecule has 0 fully saturated rings. The lowest BCUT2D eigenvalue weighted by Gasteiger charge is -2.19. The first kappa shape index (κ1) is 14.5. The Labute approximate surface area is 123 Å². The number of aryl methyl sites for hydroxylation is 1. The molecule has 0 radical (unpaired) electrons. The summed E-state index contributed by atoms with van der Waals surface area (Å²) < 4.78 is 39.9. The fourth-order valence-corrected chi connectivity index (χ4v) is 5.21. The van der Waals surface area contributed by atoms with Gasteiger partial charge in [0.25, 0.3) is 10.0 Å². The zero-order valence-electron chi connectivity index (χ0n) is 10.2. The molecule has 1 aromatic carbocycles. The van der Waals surface area contributed by atoms with E-state index in [0.717, 1.165) is 8.09 Å². The molecule has 0 atom stereocenters. The fraction of sp³-hybridized carbons (Fsp3) is 0.167. The number of sulfonamides is 1. The average molecular weight is 364 g/mol. The van der Waals surface area contributed by atoms with E-state index < -0.39 is 15.8 Å². The summed E-state index contributed by atoms with van der Waals surface area (Å²) in [7, 11) is -2.26. The number of benzene rings is 1. The van der Waals surface area contributed by atoms with E-state index in [2.05, 4.69) is 15.9 Å². The molecule has 0 bridgehead atoms. The fourth-order valence-electron chi connectivity index (χ4n) is 1.65. The van der Waals surface area contributed by atoms with Gasteiger partial charge in [0.2, 0.25) is 0 Å². The normalized spacial score (nSPS) is 11.6. The lowest BCUT2D eigenvalue weighted by atomic mass is 10.3. The van der Waals surface area contributed by atoms with Crippen molar-refractivity contribution in [2.45, 2.75) is 11.8 Å². The van der Waals surface area contributed by atoms with Crippen LogP contribution in [0.4, 0.5) is 10.1 Å². The van der Waals surface area contributed by atoms with E-state index in [0.29, 0.717) is 10.6 Å². The van der Waals surface area contributed by atoms with Gasteiger partial charge in [-0.05, 0) is 47.1 Å². The minimum absolute atomic E-state index is 0.233. The van der Waals surface area contributed by atoms with Crippen molar-refractivity contribution in [1.29, 1.82) is 0 Å². The van der Waals surface area contributed by atoms with Crippen LogP contribution in [0, 0.1) is 12.7 Å². The smallest absolute Gasteiger partial charge is 0.265 e. The van der Waals surface area contributed by atoms with E-state index in [1.165, 1.54) is 36.6 Å². The molecule has 0 spiro atoms. The number of hydrogen-bond donors (Lipinski definition) is 0. The quantitative estimate of drug-likeness (QED) is 0.831. The monoisotopic (exact) mass is 363 g/mol. The topological polar surface area (TPSA) is 37.4 Å². The lowest BCUT2D eigenvalue weighted by molar-refractivity contribution is 0.594. The van der Waals surface area contributed by atoms with E-state index >= 15 is 0 Å². The molecule has 0 amide bonds. The molecule has 1 aromatic heterocycles. The summed E-state index contributed by atoms with van der Waals surface area (Å²) in [4.78, 5) is 0.922. The minimum Gasteiger partial charge on any atom is -0.269 e. The van der Waals surface area contributed by atoms with Gasteiger partial charge in [-0.15, -0.1) is 11.3 Å². The van der Waals surface area contributed by atoms with E-state index in [9.17, 15) is 12.8 Å². The summed E-state index contributed by atoms with van der Waals surface area (Å²) in [6.45, 7) is 1.74. The molecule has 0 N–H and O–H groups in total. The van der Waals surface area contributed by atoms with Gasteiger partial charge in [-0.3, -0.25) is 4.31 Å². The van der Waals surface area contributed by atoms with Crippen molar-refractivity contribution in [1.82, 2.24) is 0 Å². The van der Waals surface area contributed by atoms with Crippen LogP contribution in [0.15, 0.2) is 39.0 Å². The number of rotatable bonds is 3. The molecular formula is C12H11BrFNO2S2. The van der Waals surface area contributed by atoms with Gasteiger partial charge in [-0.25, -0.2) is 12.8 Å². The molecular weight excluding hydrogens is 353 g/mol. The molecule has 2 aromatic rings. The number of hydrogen-bond acceptors (Lipinski definition) is 3. The SMILES string of the molecule is Cc1sc(Br)cc1S(=O)(=O)N(C)c1cccc(F)c1. The number of halogens is 2. The standard InChI is InChI=1S/C12H11BrFNO2S2/c1-8-11(7-12(13)18-8)19(16,17)15(2)10-5-3-4-9(14)6-10/h3-7H,1-2H3. The van der Waals surface area contributed by atoms with Gasteiger partial charge in [-0.1, -0.05) is 6.07 Å². The first-order valence-electron chi connectivity index (χ1n) is 5.33. The zero-order chi connectivity index (χ0) is 14.2. The molecule has 0 aliphatic carbocycles. The van der Waals surface area contributed by atoms with Crippen molar-refractivity contribution in [2.75, 3.05) is 11.4 Å². The summed E-state index contributed by atoms with van der Waals surface area (Å²) in [6, 6.07) is 7.06. The molecule has 102 valence electrons. The molecule has 19 heavy (non-hydrogen) atoms. The number of anilines is 1. The Kier molecular flexibility index (Phi) is 3.98. The largest absolute Gasteiger partial charge is 0.269 e. The molecule has 0 unspecified atom stereocenters. The van der Waals surface area contributed by atoms with E-state index in [4.69, 9.17) is 0 Å². The average Bonchev–Trinajstić information content (AvgIpc) is 2.68. The number of thiophene rings is 1. The predicted octanol–water partition coefficient (Wildman–Crippen LogP) is 3.78. The highest BCUT2D eigenvalue weighted by Crippen LogP contribution is 2.32. The second-order valence-electron chi connectivity index (χ2n) is 3.92. The maximum absolute atomic E-state index is 13.2. The lowest BCUT2D eigenvalue weighted by Crippen LogP contribution is -2.26. The Morgan fingerprint density at radius 2 is 2.00 bits per heavy atom. The van der Waals surface area contributed by atoms with Crippen LogP contribution in [-0.4, -0.2) is 15.5 Å². The predicted molar refractivity (Wildman–Crippen MR) is 78.7 cm³/mol. The van der Waals surface area contributed by atoms with Crippen LogP contribution >= 0.6 is 27.3 Å². The van der Waals surface area contributed by atoms with Crippen molar-refractivity contribution in [3.8, 4) is 0 Å². The van der Waals surface area contributed by atoms with Gasteiger partial charge < -0.3 is 0 Å². The second kappa shape index (κ2) is 5.22. The highest BCUT2D eigenvalue weighted by molar-refractivity contribution is 9.11. The summed E-state index contributed by atoms with van der Waals surface area (Å²) in [5.74, 6) is -0.470. The summed E-state index contributed by atoms with van der Waals surface area (Å²) in [5, 5.41) is 0. The Morgan fingerprint density at radius 1 is 1.32 bits per heavy atom. The summed E-state index contributed by atoms with van der Waals surface area (Å²) in [5.41, 5.74) is 0.293. The molecule has 1 heterocycles. The van der Waals surface area contributed by atoms with Crippen LogP contribution in [0.2, 0.25) is 0 Å². The Bertz CT molecular complexity index is 712. The molecule has 2 rings (SSSR count). The van der Waals surface area contributed by atoms with E-state index in [-0.39, 0.29) is 4.90 Å². The Morgan fingerprint density at radius 3 is 2.53 bits per heavy atom. The van der Waals surface area contributed by atoms with Crippen molar-refractivity contribution < 1.29 is 12.8 Å². The van der Waals surface area contributed by atoms with E-state index in [1.54, 1.807) is 19.1 Å². The van der Waals surface area contributed by atoms with Crippen molar-refractivity contribution in [3.63, 3.8) is 0 Å². The van der Waals surface area contributed by atoms with Gasteiger partial charge in [0.05, 0.1) is 9.47 Å². The van der Waals surface area contributed by atoms with Gasteiger partial charge in [0.1, 0.15) is 10.7 Å². The molecule has 0 saturated heterocycles. The Hall–Kier alpha value is -0.920. The molecule has 0 aliphatic rings. The molecule has 0 aliphatic heterocycles. The Balaban J connectivity index is 2.48. The van der Waals surface area contributed by atoms with Gasteiger partial charge in [0, 0.05) is 11.9 Å². The van der Waals surface area contributed by atoms with Crippen LogP contribution in [0.25, 0.3) is 0 Å². The first-order valence-corrected chi connectivity index (χ1v) is 8.38. The van der Waals surface area contributed by atoms with Crippen molar-refractivity contribution >= 4 is 43.0 Å². The molecule has 7 heteroatoms. The van der Waals surface area contributed by atoms with Crippen LogP contribution in [0.1, 0.15) is 4.88 Å². The zero-order valence-corrected chi connectivity index (χ0v) is 13.4. The second-order valence-corrected chi connectivity index (χ2v) is 8.50. The van der Waals surface area contributed by atoms with Crippen LogP contribution in [0.3, 0.4) is 0 Å². The van der Waals surface area contributed by atoms with Crippen molar-refractivity contribution in [3.05, 3.63) is 44.8 Å². The van der Waals surface area contributed by atoms with Gasteiger partial charge in [-0.2, -0.15) is 0 Å². The highest BCUT2D eigenvalue weighted by atomic mass is 79.9. The van der Waals surface area contributed by atoms with E-state index in [1.807, 2.05) is 0 Å². The van der Waals surface area contributed by atoms with Gasteiger partial charge >= 0.3 is 0 Å². The third kappa shape index (κ3) is 2.82.